The van der Waals surface area contributed by atoms with Gasteiger partial charge in [0.15, 0.2) is 11.5 Å². The van der Waals surface area contributed by atoms with E-state index >= 15 is 0 Å². The Labute approximate surface area is 168 Å². The Hall–Kier alpha value is -2.91. The van der Waals surface area contributed by atoms with Crippen molar-refractivity contribution >= 4 is 21.1 Å². The summed E-state index contributed by atoms with van der Waals surface area (Å²) >= 11 is 0. The zero-order valence-electron chi connectivity index (χ0n) is 15.5. The van der Waals surface area contributed by atoms with Crippen molar-refractivity contribution < 1.29 is 22.6 Å². The molecule has 2 aliphatic heterocycles. The molecule has 5 rings (SSSR count). The molecule has 1 saturated heterocycles. The van der Waals surface area contributed by atoms with E-state index in [4.69, 9.17) is 14.2 Å². The van der Waals surface area contributed by atoms with E-state index in [9.17, 15) is 8.42 Å². The summed E-state index contributed by atoms with van der Waals surface area (Å²) in [7, 11) is -3.65. The highest BCUT2D eigenvalue weighted by molar-refractivity contribution is 7.89. The lowest BCUT2D eigenvalue weighted by Crippen LogP contribution is -2.31. The van der Waals surface area contributed by atoms with E-state index in [0.29, 0.717) is 43.6 Å². The van der Waals surface area contributed by atoms with Crippen LogP contribution in [0, 0.1) is 0 Å². The van der Waals surface area contributed by atoms with Crippen molar-refractivity contribution in [2.75, 3.05) is 26.3 Å². The Kier molecular flexibility index (Phi) is 4.48. The lowest BCUT2D eigenvalue weighted by molar-refractivity contribution is 0.171. The Morgan fingerprint density at radius 2 is 1.83 bits per heavy atom. The summed E-state index contributed by atoms with van der Waals surface area (Å²) in [6.07, 6.45) is 1.87. The third kappa shape index (κ3) is 3.47. The van der Waals surface area contributed by atoms with E-state index in [1.165, 1.54) is 10.4 Å². The molecule has 0 amide bonds. The van der Waals surface area contributed by atoms with Gasteiger partial charge in [0.2, 0.25) is 15.9 Å². The molecule has 9 heteroatoms. The predicted molar refractivity (Wildman–Crippen MR) is 105 cm³/mol. The molecule has 1 fully saturated rings. The Morgan fingerprint density at radius 1 is 1.03 bits per heavy atom. The first-order valence-corrected chi connectivity index (χ1v) is 10.8. The van der Waals surface area contributed by atoms with Crippen LogP contribution in [0.15, 0.2) is 53.6 Å². The van der Waals surface area contributed by atoms with Gasteiger partial charge in [-0.2, -0.15) is 4.31 Å². The van der Waals surface area contributed by atoms with Gasteiger partial charge >= 0.3 is 0 Å². The molecule has 8 nitrogen and oxygen atoms in total. The van der Waals surface area contributed by atoms with Gasteiger partial charge in [0.25, 0.3) is 0 Å². The molecular weight excluding hydrogens is 394 g/mol. The fourth-order valence-corrected chi connectivity index (χ4v) is 5.02. The topological polar surface area (TPSA) is 90.9 Å². The molecule has 0 saturated carbocycles. The fraction of sp³-hybridized carbons (Fsp3) is 0.300. The number of rotatable bonds is 4. The van der Waals surface area contributed by atoms with Gasteiger partial charge in [-0.1, -0.05) is 12.1 Å². The van der Waals surface area contributed by atoms with Crippen LogP contribution in [0.25, 0.3) is 11.0 Å². The fourth-order valence-electron chi connectivity index (χ4n) is 3.51. The highest BCUT2D eigenvalue weighted by Crippen LogP contribution is 2.34. The Balaban J connectivity index is 1.31. The van der Waals surface area contributed by atoms with Crippen molar-refractivity contribution in [1.29, 1.82) is 0 Å². The van der Waals surface area contributed by atoms with Crippen LogP contribution in [0.1, 0.15) is 6.42 Å². The molecule has 1 aromatic heterocycles. The van der Waals surface area contributed by atoms with E-state index in [1.54, 1.807) is 18.3 Å². The van der Waals surface area contributed by atoms with E-state index < -0.39 is 10.0 Å². The zero-order valence-corrected chi connectivity index (χ0v) is 16.3. The van der Waals surface area contributed by atoms with E-state index in [0.717, 1.165) is 11.0 Å². The van der Waals surface area contributed by atoms with Crippen LogP contribution >= 0.6 is 0 Å². The molecule has 0 radical (unpaired) electrons. The standard InChI is InChI=1S/C20H19N3O5S/c24-29(25,15-5-6-18-19(11-15)27-10-9-26-18)23-8-7-14(13-23)28-20-12-21-16-3-1-2-4-17(16)22-20/h1-6,11-12,14H,7-10,13H2/t14-/m0/s1. The second-order valence-electron chi connectivity index (χ2n) is 6.89. The van der Waals surface area contributed by atoms with E-state index in [2.05, 4.69) is 9.97 Å². The minimum absolute atomic E-state index is 0.188. The number of nitrogens with zero attached hydrogens (tertiary/aromatic N) is 3. The molecule has 3 heterocycles. The van der Waals surface area contributed by atoms with Crippen molar-refractivity contribution in [3.05, 3.63) is 48.7 Å². The van der Waals surface area contributed by atoms with Gasteiger partial charge in [0.05, 0.1) is 28.7 Å². The van der Waals surface area contributed by atoms with Crippen LogP contribution in [0.4, 0.5) is 0 Å². The molecule has 29 heavy (non-hydrogen) atoms. The first-order valence-electron chi connectivity index (χ1n) is 9.38. The van der Waals surface area contributed by atoms with Crippen molar-refractivity contribution in [3.8, 4) is 17.4 Å². The maximum Gasteiger partial charge on any atom is 0.243 e. The molecule has 2 aliphatic rings. The SMILES string of the molecule is O=S(=O)(c1ccc2c(c1)OCCO2)N1CC[C@H](Oc2cnc3ccccc3n2)C1. The monoisotopic (exact) mass is 413 g/mol. The normalized spacial score (nSPS) is 19.4. The molecule has 2 aromatic carbocycles. The lowest BCUT2D eigenvalue weighted by Gasteiger charge is -2.21. The average Bonchev–Trinajstić information content (AvgIpc) is 3.22. The van der Waals surface area contributed by atoms with Crippen LogP contribution in [0.5, 0.6) is 17.4 Å². The first kappa shape index (κ1) is 18.1. The van der Waals surface area contributed by atoms with Crippen LogP contribution in [-0.2, 0) is 10.0 Å². The van der Waals surface area contributed by atoms with Crippen LogP contribution in [0.2, 0.25) is 0 Å². The van der Waals surface area contributed by atoms with Crippen molar-refractivity contribution in [1.82, 2.24) is 14.3 Å². The summed E-state index contributed by atoms with van der Waals surface area (Å²) in [4.78, 5) is 8.97. The number of para-hydroxylation sites is 2. The number of sulfonamides is 1. The molecule has 3 aromatic rings. The van der Waals surface area contributed by atoms with Gasteiger partial charge in [-0.05, 0) is 30.7 Å². The molecule has 0 aliphatic carbocycles. The summed E-state index contributed by atoms with van der Waals surface area (Å²) in [6.45, 7) is 1.50. The van der Waals surface area contributed by atoms with Crippen LogP contribution in [-0.4, -0.2) is 55.1 Å². The average molecular weight is 413 g/mol. The molecule has 0 spiro atoms. The van der Waals surface area contributed by atoms with Gasteiger partial charge in [0, 0.05) is 12.6 Å². The quantitative estimate of drug-likeness (QED) is 0.648. The van der Waals surface area contributed by atoms with Gasteiger partial charge in [-0.3, -0.25) is 0 Å². The van der Waals surface area contributed by atoms with Crippen LogP contribution < -0.4 is 14.2 Å². The minimum atomic E-state index is -3.65. The number of ether oxygens (including phenoxy) is 3. The summed E-state index contributed by atoms with van der Waals surface area (Å²) in [5.41, 5.74) is 1.53. The van der Waals surface area contributed by atoms with Crippen LogP contribution in [0.3, 0.4) is 0 Å². The molecule has 0 unspecified atom stereocenters. The van der Waals surface area contributed by atoms with Crippen molar-refractivity contribution in [2.45, 2.75) is 17.4 Å². The molecule has 0 bridgehead atoms. The van der Waals surface area contributed by atoms with E-state index in [1.807, 2.05) is 24.3 Å². The highest BCUT2D eigenvalue weighted by Gasteiger charge is 2.34. The van der Waals surface area contributed by atoms with Gasteiger partial charge < -0.3 is 14.2 Å². The smallest absolute Gasteiger partial charge is 0.243 e. The van der Waals surface area contributed by atoms with Gasteiger partial charge in [-0.15, -0.1) is 0 Å². The van der Waals surface area contributed by atoms with Crippen molar-refractivity contribution in [2.24, 2.45) is 0 Å². The predicted octanol–water partition coefficient (Wildman–Crippen LogP) is 2.24. The number of hydrogen-bond acceptors (Lipinski definition) is 7. The second kappa shape index (κ2) is 7.16. The van der Waals surface area contributed by atoms with Crippen molar-refractivity contribution in [3.63, 3.8) is 0 Å². The third-order valence-electron chi connectivity index (χ3n) is 4.97. The second-order valence-corrected chi connectivity index (χ2v) is 8.83. The largest absolute Gasteiger partial charge is 0.486 e. The maximum absolute atomic E-state index is 13.0. The first-order chi connectivity index (χ1) is 14.1. The molecular formula is C20H19N3O5S. The molecule has 0 N–H and O–H groups in total. The molecule has 1 atom stereocenters. The summed E-state index contributed by atoms with van der Waals surface area (Å²) in [5, 5.41) is 0. The number of fused-ring (bicyclic) bond motifs is 2. The third-order valence-corrected chi connectivity index (χ3v) is 6.83. The number of aromatic nitrogens is 2. The maximum atomic E-state index is 13.0. The summed E-state index contributed by atoms with van der Waals surface area (Å²) < 4.78 is 44.4. The van der Waals surface area contributed by atoms with Gasteiger partial charge in [0.1, 0.15) is 19.3 Å². The van der Waals surface area contributed by atoms with E-state index in [-0.39, 0.29) is 17.5 Å². The molecule has 150 valence electrons. The Morgan fingerprint density at radius 3 is 2.69 bits per heavy atom. The lowest BCUT2D eigenvalue weighted by atomic mass is 10.3. The highest BCUT2D eigenvalue weighted by atomic mass is 32.2. The Bertz CT molecular complexity index is 1170. The summed E-state index contributed by atoms with van der Waals surface area (Å²) in [5.74, 6) is 1.41. The summed E-state index contributed by atoms with van der Waals surface area (Å²) in [6, 6.07) is 12.2. The van der Waals surface area contributed by atoms with Gasteiger partial charge in [-0.25, -0.2) is 18.4 Å². The zero-order chi connectivity index (χ0) is 19.8. The number of benzene rings is 2. The minimum Gasteiger partial charge on any atom is -0.486 e. The number of hydrogen-bond donors (Lipinski definition) is 0.